The summed E-state index contributed by atoms with van der Waals surface area (Å²) in [5, 5.41) is 8.46. The zero-order valence-corrected chi connectivity index (χ0v) is 12.6. The van der Waals surface area contributed by atoms with Gasteiger partial charge in [-0.25, -0.2) is 8.42 Å². The Morgan fingerprint density at radius 2 is 2.16 bits per heavy atom. The molecule has 0 aromatic heterocycles. The summed E-state index contributed by atoms with van der Waals surface area (Å²) >= 11 is 3.26. The van der Waals surface area contributed by atoms with Crippen molar-refractivity contribution < 1.29 is 23.1 Å². The molecular formula is C11H14BrNO5S. The second kappa shape index (κ2) is 6.76. The molecule has 0 radical (unpaired) electrons. The van der Waals surface area contributed by atoms with Crippen LogP contribution in [-0.4, -0.2) is 32.4 Å². The number of ether oxygens (including phenoxy) is 1. The van der Waals surface area contributed by atoms with E-state index in [9.17, 15) is 13.2 Å². The van der Waals surface area contributed by atoms with Crippen molar-refractivity contribution >= 4 is 37.6 Å². The third-order valence-electron chi connectivity index (χ3n) is 2.23. The molecule has 0 heterocycles. The topological polar surface area (TPSA) is 92.7 Å². The fourth-order valence-electron chi connectivity index (χ4n) is 1.37. The van der Waals surface area contributed by atoms with E-state index < -0.39 is 16.0 Å². The van der Waals surface area contributed by atoms with Crippen LogP contribution in [0.1, 0.15) is 12.8 Å². The third kappa shape index (κ3) is 5.48. The second-order valence-electron chi connectivity index (χ2n) is 3.77. The molecule has 19 heavy (non-hydrogen) atoms. The number of nitrogens with one attached hydrogen (secondary N) is 1. The van der Waals surface area contributed by atoms with Gasteiger partial charge in [0, 0.05) is 12.5 Å². The highest BCUT2D eigenvalue weighted by Gasteiger charge is 2.12. The van der Waals surface area contributed by atoms with Gasteiger partial charge in [0.15, 0.2) is 0 Å². The Balaban J connectivity index is 2.70. The van der Waals surface area contributed by atoms with Gasteiger partial charge in [0.05, 0.1) is 23.0 Å². The van der Waals surface area contributed by atoms with Gasteiger partial charge in [-0.15, -0.1) is 0 Å². The number of sulfonamides is 1. The maximum atomic E-state index is 11.7. The number of aliphatic carboxylic acids is 1. The first-order chi connectivity index (χ1) is 8.84. The highest BCUT2D eigenvalue weighted by Crippen LogP contribution is 2.28. The lowest BCUT2D eigenvalue weighted by molar-refractivity contribution is -0.137. The average Bonchev–Trinajstić information content (AvgIpc) is 2.30. The maximum Gasteiger partial charge on any atom is 0.303 e. The normalized spacial score (nSPS) is 11.1. The van der Waals surface area contributed by atoms with Crippen LogP contribution < -0.4 is 9.46 Å². The maximum absolute atomic E-state index is 11.7. The quantitative estimate of drug-likeness (QED) is 0.784. The zero-order valence-electron chi connectivity index (χ0n) is 10.2. The number of carboxylic acids is 1. The standard InChI is InChI=1S/C11H14BrNO5S/c1-18-10-7-8(4-5-9(10)12)13-19(16,17)6-2-3-11(14)15/h4-5,7,13H,2-3,6H2,1H3,(H,14,15). The summed E-state index contributed by atoms with van der Waals surface area (Å²) < 4.78 is 31.6. The molecule has 0 saturated carbocycles. The molecule has 0 aliphatic rings. The largest absolute Gasteiger partial charge is 0.495 e. The third-order valence-corrected chi connectivity index (χ3v) is 4.26. The Morgan fingerprint density at radius 3 is 2.74 bits per heavy atom. The first-order valence-corrected chi connectivity index (χ1v) is 7.84. The number of hydrogen-bond donors (Lipinski definition) is 2. The molecule has 106 valence electrons. The molecule has 1 aromatic rings. The number of benzene rings is 1. The van der Waals surface area contributed by atoms with Gasteiger partial charge in [-0.3, -0.25) is 9.52 Å². The summed E-state index contributed by atoms with van der Waals surface area (Å²) in [6.45, 7) is 0. The number of halogens is 1. The van der Waals surface area contributed by atoms with Crippen molar-refractivity contribution in [1.29, 1.82) is 0 Å². The zero-order chi connectivity index (χ0) is 14.5. The SMILES string of the molecule is COc1cc(NS(=O)(=O)CCCC(=O)O)ccc1Br. The van der Waals surface area contributed by atoms with Crippen LogP contribution in [0.15, 0.2) is 22.7 Å². The summed E-state index contributed by atoms with van der Waals surface area (Å²) in [5.41, 5.74) is 0.371. The van der Waals surface area contributed by atoms with Crippen LogP contribution in [0.25, 0.3) is 0 Å². The Kier molecular flexibility index (Phi) is 5.61. The van der Waals surface area contributed by atoms with E-state index in [1.54, 1.807) is 18.2 Å². The van der Waals surface area contributed by atoms with Crippen molar-refractivity contribution in [3.63, 3.8) is 0 Å². The molecular weight excluding hydrogens is 338 g/mol. The summed E-state index contributed by atoms with van der Waals surface area (Å²) in [4.78, 5) is 10.3. The van der Waals surface area contributed by atoms with E-state index in [0.717, 1.165) is 0 Å². The molecule has 0 fully saturated rings. The Bertz CT molecular complexity index is 558. The minimum absolute atomic E-state index is 0.0678. The van der Waals surface area contributed by atoms with E-state index in [-0.39, 0.29) is 18.6 Å². The summed E-state index contributed by atoms with van der Waals surface area (Å²) in [7, 11) is -2.07. The number of carboxylic acid groups (broad SMARTS) is 1. The minimum atomic E-state index is -3.55. The van der Waals surface area contributed by atoms with Gasteiger partial charge in [0.1, 0.15) is 5.75 Å². The molecule has 0 aliphatic heterocycles. The first kappa shape index (κ1) is 15.8. The Morgan fingerprint density at radius 1 is 1.47 bits per heavy atom. The summed E-state index contributed by atoms with van der Waals surface area (Å²) in [6.07, 6.45) is -0.108. The lowest BCUT2D eigenvalue weighted by atomic mass is 10.3. The number of carbonyl (C=O) groups is 1. The molecule has 0 aliphatic carbocycles. The van der Waals surface area contributed by atoms with E-state index in [4.69, 9.17) is 9.84 Å². The fourth-order valence-corrected chi connectivity index (χ4v) is 2.89. The number of hydrogen-bond acceptors (Lipinski definition) is 4. The van der Waals surface area contributed by atoms with Crippen molar-refractivity contribution in [2.75, 3.05) is 17.6 Å². The predicted octanol–water partition coefficient (Wildman–Crippen LogP) is 2.06. The van der Waals surface area contributed by atoms with Crippen LogP contribution in [0.4, 0.5) is 5.69 Å². The van der Waals surface area contributed by atoms with E-state index in [1.165, 1.54) is 7.11 Å². The minimum Gasteiger partial charge on any atom is -0.495 e. The molecule has 0 bridgehead atoms. The molecule has 1 rings (SSSR count). The highest BCUT2D eigenvalue weighted by molar-refractivity contribution is 9.10. The average molecular weight is 352 g/mol. The van der Waals surface area contributed by atoms with Gasteiger partial charge in [-0.1, -0.05) is 0 Å². The molecule has 1 aromatic carbocycles. The van der Waals surface area contributed by atoms with Crippen LogP contribution in [0.5, 0.6) is 5.75 Å². The van der Waals surface area contributed by atoms with Gasteiger partial charge in [0.25, 0.3) is 0 Å². The van der Waals surface area contributed by atoms with E-state index in [0.29, 0.717) is 15.9 Å². The van der Waals surface area contributed by atoms with Crippen molar-refractivity contribution in [3.8, 4) is 5.75 Å². The van der Waals surface area contributed by atoms with Crippen molar-refractivity contribution in [1.82, 2.24) is 0 Å². The van der Waals surface area contributed by atoms with E-state index >= 15 is 0 Å². The predicted molar refractivity (Wildman–Crippen MR) is 75.0 cm³/mol. The highest BCUT2D eigenvalue weighted by atomic mass is 79.9. The van der Waals surface area contributed by atoms with Crippen LogP contribution in [-0.2, 0) is 14.8 Å². The molecule has 2 N–H and O–H groups in total. The van der Waals surface area contributed by atoms with Gasteiger partial charge in [0.2, 0.25) is 10.0 Å². The lowest BCUT2D eigenvalue weighted by Gasteiger charge is -2.09. The monoisotopic (exact) mass is 351 g/mol. The molecule has 0 spiro atoms. The number of methoxy groups -OCH3 is 1. The second-order valence-corrected chi connectivity index (χ2v) is 6.46. The first-order valence-electron chi connectivity index (χ1n) is 5.40. The summed E-state index contributed by atoms with van der Waals surface area (Å²) in [6, 6.07) is 4.79. The van der Waals surface area contributed by atoms with Crippen LogP contribution in [0, 0.1) is 0 Å². The van der Waals surface area contributed by atoms with Gasteiger partial charge in [-0.2, -0.15) is 0 Å². The summed E-state index contributed by atoms with van der Waals surface area (Å²) in [5.74, 6) is -0.747. The molecule has 8 heteroatoms. The Labute approximate surface area is 120 Å². The molecule has 6 nitrogen and oxygen atoms in total. The molecule has 0 amide bonds. The van der Waals surface area contributed by atoms with Gasteiger partial charge in [-0.05, 0) is 34.5 Å². The Hall–Kier alpha value is -1.28. The van der Waals surface area contributed by atoms with Gasteiger partial charge < -0.3 is 9.84 Å². The fraction of sp³-hybridized carbons (Fsp3) is 0.364. The van der Waals surface area contributed by atoms with Crippen molar-refractivity contribution in [2.24, 2.45) is 0 Å². The van der Waals surface area contributed by atoms with Crippen LogP contribution in [0.3, 0.4) is 0 Å². The smallest absolute Gasteiger partial charge is 0.303 e. The van der Waals surface area contributed by atoms with Crippen LogP contribution >= 0.6 is 15.9 Å². The van der Waals surface area contributed by atoms with Crippen molar-refractivity contribution in [3.05, 3.63) is 22.7 Å². The van der Waals surface area contributed by atoms with E-state index in [2.05, 4.69) is 20.7 Å². The van der Waals surface area contributed by atoms with Crippen LogP contribution in [0.2, 0.25) is 0 Å². The number of rotatable bonds is 7. The van der Waals surface area contributed by atoms with Gasteiger partial charge >= 0.3 is 5.97 Å². The molecule has 0 unspecified atom stereocenters. The lowest BCUT2D eigenvalue weighted by Crippen LogP contribution is -2.17. The van der Waals surface area contributed by atoms with E-state index in [1.807, 2.05) is 0 Å². The molecule has 0 atom stereocenters. The molecule has 0 saturated heterocycles. The van der Waals surface area contributed by atoms with Crippen molar-refractivity contribution in [2.45, 2.75) is 12.8 Å². The number of anilines is 1.